The van der Waals surface area contributed by atoms with Crippen molar-refractivity contribution in [2.24, 2.45) is 0 Å². The van der Waals surface area contributed by atoms with Gasteiger partial charge in [-0.1, -0.05) is 39.7 Å². The molecular formula is C18H11BrClN3OS. The highest BCUT2D eigenvalue weighted by molar-refractivity contribution is 9.10. The van der Waals surface area contributed by atoms with E-state index in [2.05, 4.69) is 36.6 Å². The summed E-state index contributed by atoms with van der Waals surface area (Å²) in [5.74, 6) is 0.735. The van der Waals surface area contributed by atoms with Crippen LogP contribution in [0.1, 0.15) is 0 Å². The Kier molecular flexibility index (Phi) is 4.33. The van der Waals surface area contributed by atoms with Gasteiger partial charge in [0.1, 0.15) is 22.7 Å². The zero-order valence-corrected chi connectivity index (χ0v) is 15.9. The predicted molar refractivity (Wildman–Crippen MR) is 107 cm³/mol. The summed E-state index contributed by atoms with van der Waals surface area (Å²) >= 11 is 11.0. The number of fused-ring (bicyclic) bond motifs is 1. The minimum atomic E-state index is 0.108. The topological polar surface area (TPSA) is 58.0 Å². The standard InChI is InChI=1S/C18H11BrClN3OS/c19-11-3-1-10(2-4-11)13-8-25-18-16(13)17(21-9-22-18)23-14-7-12(20)5-6-15(14)24/h1-9,24H,(H,21,22,23). The molecule has 0 spiro atoms. The van der Waals surface area contributed by atoms with E-state index in [1.807, 2.05) is 24.3 Å². The maximum atomic E-state index is 10.1. The molecule has 0 bridgehead atoms. The van der Waals surface area contributed by atoms with Crippen LogP contribution in [-0.4, -0.2) is 15.1 Å². The minimum Gasteiger partial charge on any atom is -0.506 e. The SMILES string of the molecule is Oc1ccc(Cl)cc1Nc1ncnc2scc(-c3ccc(Br)cc3)c12. The molecule has 2 N–H and O–H groups in total. The Morgan fingerprint density at radius 3 is 2.68 bits per heavy atom. The molecule has 0 amide bonds. The number of aromatic hydroxyl groups is 1. The monoisotopic (exact) mass is 431 g/mol. The summed E-state index contributed by atoms with van der Waals surface area (Å²) in [5.41, 5.74) is 2.61. The summed E-state index contributed by atoms with van der Waals surface area (Å²) in [4.78, 5) is 9.60. The maximum Gasteiger partial charge on any atom is 0.143 e. The number of benzene rings is 2. The Morgan fingerprint density at radius 1 is 1.08 bits per heavy atom. The number of rotatable bonds is 3. The predicted octanol–water partition coefficient (Wildman–Crippen LogP) is 6.22. The Hall–Kier alpha value is -2.15. The lowest BCUT2D eigenvalue weighted by atomic mass is 10.1. The summed E-state index contributed by atoms with van der Waals surface area (Å²) < 4.78 is 1.02. The molecule has 2 heterocycles. The zero-order valence-electron chi connectivity index (χ0n) is 12.7. The average Bonchev–Trinajstić information content (AvgIpc) is 3.04. The van der Waals surface area contributed by atoms with E-state index in [0.717, 1.165) is 25.8 Å². The lowest BCUT2D eigenvalue weighted by Gasteiger charge is -2.10. The van der Waals surface area contributed by atoms with Crippen LogP contribution in [0.2, 0.25) is 5.02 Å². The van der Waals surface area contributed by atoms with Gasteiger partial charge in [-0.15, -0.1) is 11.3 Å². The van der Waals surface area contributed by atoms with Crippen LogP contribution in [0.25, 0.3) is 21.3 Å². The van der Waals surface area contributed by atoms with Gasteiger partial charge in [-0.05, 0) is 35.9 Å². The van der Waals surface area contributed by atoms with E-state index >= 15 is 0 Å². The lowest BCUT2D eigenvalue weighted by Crippen LogP contribution is -1.96. The van der Waals surface area contributed by atoms with E-state index in [9.17, 15) is 5.11 Å². The lowest BCUT2D eigenvalue weighted by molar-refractivity contribution is 0.478. The first-order chi connectivity index (χ1) is 12.1. The van der Waals surface area contributed by atoms with Crippen molar-refractivity contribution >= 4 is 60.6 Å². The van der Waals surface area contributed by atoms with Crippen molar-refractivity contribution in [3.05, 3.63) is 63.7 Å². The fraction of sp³-hybridized carbons (Fsp3) is 0. The van der Waals surface area contributed by atoms with Crippen molar-refractivity contribution in [2.75, 3.05) is 5.32 Å². The Labute approximate surface area is 161 Å². The minimum absolute atomic E-state index is 0.108. The van der Waals surface area contributed by atoms with Crippen molar-refractivity contribution in [3.8, 4) is 16.9 Å². The van der Waals surface area contributed by atoms with Gasteiger partial charge in [0.05, 0.1) is 11.1 Å². The molecule has 0 saturated heterocycles. The Morgan fingerprint density at radius 2 is 1.88 bits per heavy atom. The number of nitrogens with zero attached hydrogens (tertiary/aromatic N) is 2. The largest absolute Gasteiger partial charge is 0.506 e. The second-order valence-corrected chi connectivity index (χ2v) is 7.56. The normalized spacial score (nSPS) is 11.0. The molecular weight excluding hydrogens is 422 g/mol. The smallest absolute Gasteiger partial charge is 0.143 e. The first kappa shape index (κ1) is 16.3. The Bertz CT molecular complexity index is 1070. The highest BCUT2D eigenvalue weighted by Crippen LogP contribution is 2.39. The number of aromatic nitrogens is 2. The van der Waals surface area contributed by atoms with Gasteiger partial charge in [0.15, 0.2) is 0 Å². The van der Waals surface area contributed by atoms with Crippen molar-refractivity contribution in [3.63, 3.8) is 0 Å². The van der Waals surface area contributed by atoms with Gasteiger partial charge in [0.25, 0.3) is 0 Å². The molecule has 0 aliphatic heterocycles. The van der Waals surface area contributed by atoms with E-state index in [-0.39, 0.29) is 5.75 Å². The number of nitrogens with one attached hydrogen (secondary N) is 1. The summed E-state index contributed by atoms with van der Waals surface area (Å²) in [6, 6.07) is 12.9. The molecule has 7 heteroatoms. The number of phenols is 1. The first-order valence-corrected chi connectivity index (χ1v) is 9.40. The summed E-state index contributed by atoms with van der Waals surface area (Å²) in [5, 5.41) is 16.7. The third-order valence-corrected chi connectivity index (χ3v) is 5.39. The molecule has 2 aromatic carbocycles. The van der Waals surface area contributed by atoms with Crippen LogP contribution < -0.4 is 5.32 Å². The molecule has 4 nitrogen and oxygen atoms in total. The van der Waals surface area contributed by atoms with Crippen LogP contribution in [0.5, 0.6) is 5.75 Å². The van der Waals surface area contributed by atoms with Gasteiger partial charge >= 0.3 is 0 Å². The van der Waals surface area contributed by atoms with Crippen molar-refractivity contribution in [1.82, 2.24) is 9.97 Å². The van der Waals surface area contributed by atoms with Crippen LogP contribution in [0, 0.1) is 0 Å². The van der Waals surface area contributed by atoms with E-state index in [1.54, 1.807) is 29.5 Å². The number of phenolic OH excluding ortho intramolecular Hbond substituents is 1. The van der Waals surface area contributed by atoms with Crippen LogP contribution in [0.15, 0.2) is 58.6 Å². The van der Waals surface area contributed by atoms with Crippen LogP contribution in [0.3, 0.4) is 0 Å². The molecule has 0 aliphatic rings. The maximum absolute atomic E-state index is 10.1. The van der Waals surface area contributed by atoms with Gasteiger partial charge in [-0.3, -0.25) is 0 Å². The number of thiophene rings is 1. The van der Waals surface area contributed by atoms with Gasteiger partial charge in [-0.25, -0.2) is 9.97 Å². The van der Waals surface area contributed by atoms with Gasteiger partial charge < -0.3 is 10.4 Å². The highest BCUT2D eigenvalue weighted by Gasteiger charge is 2.14. The molecule has 0 atom stereocenters. The van der Waals surface area contributed by atoms with Crippen molar-refractivity contribution in [2.45, 2.75) is 0 Å². The van der Waals surface area contributed by atoms with Gasteiger partial charge in [0.2, 0.25) is 0 Å². The summed E-state index contributed by atoms with van der Waals surface area (Å²) in [6.45, 7) is 0. The van der Waals surface area contributed by atoms with Crippen LogP contribution >= 0.6 is 38.9 Å². The van der Waals surface area contributed by atoms with E-state index in [1.165, 1.54) is 6.33 Å². The molecule has 124 valence electrons. The second-order valence-electron chi connectivity index (χ2n) is 5.35. The highest BCUT2D eigenvalue weighted by atomic mass is 79.9. The molecule has 0 saturated carbocycles. The third kappa shape index (κ3) is 3.20. The molecule has 0 radical (unpaired) electrons. The zero-order chi connectivity index (χ0) is 17.4. The van der Waals surface area contributed by atoms with Crippen molar-refractivity contribution in [1.29, 1.82) is 0 Å². The average molecular weight is 433 g/mol. The van der Waals surface area contributed by atoms with Crippen molar-refractivity contribution < 1.29 is 5.11 Å². The fourth-order valence-corrected chi connectivity index (χ4v) is 3.90. The molecule has 0 unspecified atom stereocenters. The van der Waals surface area contributed by atoms with Gasteiger partial charge in [0, 0.05) is 20.4 Å². The third-order valence-electron chi connectivity index (χ3n) is 3.74. The second kappa shape index (κ2) is 6.63. The molecule has 0 fully saturated rings. The number of anilines is 2. The van der Waals surface area contributed by atoms with E-state index < -0.39 is 0 Å². The van der Waals surface area contributed by atoms with Crippen LogP contribution in [0.4, 0.5) is 11.5 Å². The van der Waals surface area contributed by atoms with E-state index in [4.69, 9.17) is 11.6 Å². The Balaban J connectivity index is 1.85. The molecule has 4 aromatic rings. The quantitative estimate of drug-likeness (QED) is 0.377. The summed E-state index contributed by atoms with van der Waals surface area (Å²) in [6.07, 6.45) is 1.51. The van der Waals surface area contributed by atoms with Gasteiger partial charge in [-0.2, -0.15) is 0 Å². The molecule has 2 aromatic heterocycles. The number of hydrogen-bond acceptors (Lipinski definition) is 5. The first-order valence-electron chi connectivity index (χ1n) is 7.35. The number of halogens is 2. The molecule has 4 rings (SSSR count). The van der Waals surface area contributed by atoms with Crippen LogP contribution in [-0.2, 0) is 0 Å². The number of hydrogen-bond donors (Lipinski definition) is 2. The fourth-order valence-electron chi connectivity index (χ4n) is 2.55. The van der Waals surface area contributed by atoms with E-state index in [0.29, 0.717) is 16.5 Å². The molecule has 0 aliphatic carbocycles. The molecule has 25 heavy (non-hydrogen) atoms. The summed E-state index contributed by atoms with van der Waals surface area (Å²) in [7, 11) is 0.